The van der Waals surface area contributed by atoms with E-state index in [2.05, 4.69) is 13.8 Å². The fraction of sp³-hybridized carbons (Fsp3) is 0.318. The second kappa shape index (κ2) is 7.14. The zero-order valence-corrected chi connectivity index (χ0v) is 18.5. The first-order valence-electron chi connectivity index (χ1n) is 9.00. The Morgan fingerprint density at radius 3 is 2.54 bits per heavy atom. The predicted octanol–water partition coefficient (Wildman–Crippen LogP) is 0.0150. The van der Waals surface area contributed by atoms with Crippen LogP contribution in [0.2, 0.25) is 0 Å². The van der Waals surface area contributed by atoms with Crippen molar-refractivity contribution < 1.29 is 53.5 Å². The summed E-state index contributed by atoms with van der Waals surface area (Å²) < 4.78 is 5.82. The van der Waals surface area contributed by atoms with Crippen molar-refractivity contribution in [1.29, 1.82) is 0 Å². The molecule has 0 saturated carbocycles. The normalized spacial score (nSPS) is 17.0. The number of carboxylic acids is 1. The number of Topliss-reactive ketones (excluding diaryl/α,β-unsaturated/α-hetero) is 2. The molecule has 0 bridgehead atoms. The minimum Gasteiger partial charge on any atom is -0.545 e. The Morgan fingerprint density at radius 2 is 1.86 bits per heavy atom. The third kappa shape index (κ3) is 3.02. The van der Waals surface area contributed by atoms with Crippen molar-refractivity contribution in [2.45, 2.75) is 45.4 Å². The average Bonchev–Trinajstić information content (AvgIpc) is 2.93. The van der Waals surface area contributed by atoms with Crippen LogP contribution in [-0.2, 0) is 16.6 Å². The molecule has 0 aliphatic heterocycles. The molecule has 0 amide bonds. The van der Waals surface area contributed by atoms with Crippen molar-refractivity contribution in [2.75, 3.05) is 0 Å². The van der Waals surface area contributed by atoms with Gasteiger partial charge in [-0.2, -0.15) is 0 Å². The quantitative estimate of drug-likeness (QED) is 0.412. The molecule has 0 saturated heterocycles. The van der Waals surface area contributed by atoms with Crippen LogP contribution < -0.4 is 34.7 Å². The van der Waals surface area contributed by atoms with E-state index in [9.17, 15) is 19.5 Å². The number of aliphatic carboxylic acids is 1. The first-order chi connectivity index (χ1) is 12.7. The van der Waals surface area contributed by atoms with E-state index in [-0.39, 0.29) is 46.3 Å². The molecular weight excluding hydrogens is 367 g/mol. The maximum absolute atomic E-state index is 13.0. The van der Waals surface area contributed by atoms with Gasteiger partial charge in [0.15, 0.2) is 0 Å². The van der Waals surface area contributed by atoms with Crippen molar-refractivity contribution >= 4 is 23.6 Å². The molecule has 1 aromatic heterocycles. The third-order valence-electron chi connectivity index (χ3n) is 5.73. The summed E-state index contributed by atoms with van der Waals surface area (Å²) in [6.07, 6.45) is 4.85. The third-order valence-corrected chi connectivity index (χ3v) is 5.73. The summed E-state index contributed by atoms with van der Waals surface area (Å²) in [5, 5.41) is 10.7. The van der Waals surface area contributed by atoms with Crippen molar-refractivity contribution in [3.63, 3.8) is 0 Å². The van der Waals surface area contributed by atoms with Crippen molar-refractivity contribution in [3.8, 4) is 11.3 Å². The van der Waals surface area contributed by atoms with Gasteiger partial charge < -0.3 is 14.3 Å². The zero-order valence-electron chi connectivity index (χ0n) is 16.5. The second-order valence-electron chi connectivity index (χ2n) is 7.86. The summed E-state index contributed by atoms with van der Waals surface area (Å²) in [4.78, 5) is 36.5. The van der Waals surface area contributed by atoms with E-state index in [1.54, 1.807) is 6.92 Å². The molecule has 0 unspecified atom stereocenters. The predicted molar refractivity (Wildman–Crippen MR) is 97.5 cm³/mol. The van der Waals surface area contributed by atoms with Crippen LogP contribution in [0.3, 0.4) is 0 Å². The summed E-state index contributed by atoms with van der Waals surface area (Å²) >= 11 is 0. The van der Waals surface area contributed by atoms with Crippen LogP contribution in [0.25, 0.3) is 17.4 Å². The number of benzene rings is 1. The number of ketones is 2. The molecule has 6 heteroatoms. The van der Waals surface area contributed by atoms with E-state index in [1.165, 1.54) is 6.08 Å². The first-order valence-corrected chi connectivity index (χ1v) is 9.00. The maximum atomic E-state index is 13.0. The molecule has 4 rings (SSSR count). The molecule has 1 aromatic carbocycles. The van der Waals surface area contributed by atoms with Gasteiger partial charge in [0, 0.05) is 16.7 Å². The Balaban J connectivity index is 0.00000225. The van der Waals surface area contributed by atoms with Crippen LogP contribution in [0.1, 0.15) is 69.9 Å². The van der Waals surface area contributed by atoms with Gasteiger partial charge in [0.05, 0.1) is 11.5 Å². The van der Waals surface area contributed by atoms with Gasteiger partial charge in [-0.15, -0.1) is 0 Å². The van der Waals surface area contributed by atoms with Crippen molar-refractivity contribution in [3.05, 3.63) is 51.8 Å². The zero-order chi connectivity index (χ0) is 19.5. The smallest absolute Gasteiger partial charge is 0.545 e. The number of carbonyl (C=O) groups excluding carboxylic acids is 3. The number of rotatable bonds is 2. The molecule has 28 heavy (non-hydrogen) atoms. The summed E-state index contributed by atoms with van der Waals surface area (Å²) in [6.45, 7) is 5.95. The Morgan fingerprint density at radius 1 is 1.18 bits per heavy atom. The minimum absolute atomic E-state index is 0. The van der Waals surface area contributed by atoms with Gasteiger partial charge in [0.1, 0.15) is 11.5 Å². The van der Waals surface area contributed by atoms with E-state index in [0.717, 1.165) is 36.5 Å². The number of hydrogen-bond acceptors (Lipinski definition) is 5. The van der Waals surface area contributed by atoms with Crippen molar-refractivity contribution in [2.24, 2.45) is 0 Å². The van der Waals surface area contributed by atoms with Crippen LogP contribution in [0.15, 0.2) is 22.6 Å². The van der Waals surface area contributed by atoms with Crippen LogP contribution in [0.4, 0.5) is 0 Å². The van der Waals surface area contributed by atoms with Crippen LogP contribution in [0, 0.1) is 6.92 Å². The van der Waals surface area contributed by atoms with E-state index >= 15 is 0 Å². The van der Waals surface area contributed by atoms with Crippen LogP contribution in [0.5, 0.6) is 0 Å². The standard InChI is InChI=1S/C22H20O5.Na/c1-11-15(8-9-16(23)24)27-21-13-6-7-14-12(5-4-10-22(14,2)3)18(13)20(26)19(25)17(11)21;/h6-9H,4-5,10H2,1-3H3,(H,23,24);/q;+1/p-1/b9-8+;. The Kier molecular flexibility index (Phi) is 5.30. The van der Waals surface area contributed by atoms with Gasteiger partial charge in [-0.05, 0) is 54.9 Å². The van der Waals surface area contributed by atoms with E-state index in [1.807, 2.05) is 12.1 Å². The Labute approximate surface area is 185 Å². The second-order valence-corrected chi connectivity index (χ2v) is 7.86. The van der Waals surface area contributed by atoms with Gasteiger partial charge >= 0.3 is 29.6 Å². The summed E-state index contributed by atoms with van der Waals surface area (Å²) in [5.41, 5.74) is 3.74. The topological polar surface area (TPSA) is 87.4 Å². The summed E-state index contributed by atoms with van der Waals surface area (Å²) in [7, 11) is 0. The Hall–Kier alpha value is -1.95. The molecule has 2 aliphatic carbocycles. The van der Waals surface area contributed by atoms with Gasteiger partial charge in [0.2, 0.25) is 11.6 Å². The molecule has 1 heterocycles. The molecule has 138 valence electrons. The monoisotopic (exact) mass is 386 g/mol. The average molecular weight is 386 g/mol. The summed E-state index contributed by atoms with van der Waals surface area (Å²) in [6, 6.07) is 3.87. The minimum atomic E-state index is -1.36. The number of hydrogen-bond donors (Lipinski definition) is 0. The SMILES string of the molecule is Cc1c(/C=C/C(=O)[O-])oc2c1C(=O)C(=O)c1c-2ccc2c1CCCC2(C)C.[Na+]. The van der Waals surface area contributed by atoms with E-state index < -0.39 is 17.5 Å². The fourth-order valence-electron chi connectivity index (χ4n) is 4.36. The first kappa shape index (κ1) is 20.8. The fourth-order valence-corrected chi connectivity index (χ4v) is 4.36. The molecule has 0 fully saturated rings. The van der Waals surface area contributed by atoms with E-state index in [4.69, 9.17) is 4.42 Å². The van der Waals surface area contributed by atoms with Crippen LogP contribution >= 0.6 is 0 Å². The molecule has 2 aromatic rings. The van der Waals surface area contributed by atoms with Gasteiger partial charge in [-0.25, -0.2) is 0 Å². The van der Waals surface area contributed by atoms with E-state index in [0.29, 0.717) is 22.5 Å². The Bertz CT molecular complexity index is 1060. The molecular formula is C22H19NaO5. The molecule has 0 atom stereocenters. The number of carbonyl (C=O) groups is 3. The number of fused-ring (bicyclic) bond motifs is 5. The molecule has 5 nitrogen and oxygen atoms in total. The van der Waals surface area contributed by atoms with Crippen molar-refractivity contribution in [1.82, 2.24) is 0 Å². The molecule has 2 aliphatic rings. The molecule has 0 N–H and O–H groups in total. The maximum Gasteiger partial charge on any atom is 1.00 e. The number of carboxylic acid groups (broad SMARTS) is 1. The van der Waals surface area contributed by atoms with Gasteiger partial charge in [0.25, 0.3) is 0 Å². The summed E-state index contributed by atoms with van der Waals surface area (Å²) in [5.74, 6) is -1.87. The van der Waals surface area contributed by atoms with Gasteiger partial charge in [-0.3, -0.25) is 9.59 Å². The molecule has 0 spiro atoms. The largest absolute Gasteiger partial charge is 1.00 e. The number of furan rings is 1. The van der Waals surface area contributed by atoms with Crippen LogP contribution in [-0.4, -0.2) is 17.5 Å². The van der Waals surface area contributed by atoms with Gasteiger partial charge in [-0.1, -0.05) is 26.0 Å². The molecule has 0 radical (unpaired) electrons.